The first-order valence-electron chi connectivity index (χ1n) is 10.4. The molecule has 2 amide bonds. The predicted octanol–water partition coefficient (Wildman–Crippen LogP) is 4.87. The summed E-state index contributed by atoms with van der Waals surface area (Å²) in [7, 11) is 0. The van der Waals surface area contributed by atoms with Crippen LogP contribution in [-0.4, -0.2) is 40.7 Å². The molecule has 1 atom stereocenters. The molecule has 8 nitrogen and oxygen atoms in total. The lowest BCUT2D eigenvalue weighted by Gasteiger charge is -2.34. The van der Waals surface area contributed by atoms with Gasteiger partial charge in [0.1, 0.15) is 0 Å². The minimum absolute atomic E-state index is 0.193. The maximum atomic E-state index is 12.8. The van der Waals surface area contributed by atoms with Crippen molar-refractivity contribution in [2.75, 3.05) is 19.6 Å². The topological polar surface area (TPSA) is 89.7 Å². The maximum absolute atomic E-state index is 12.8. The van der Waals surface area contributed by atoms with E-state index < -0.39 is 6.04 Å². The number of hydrogen-bond donors (Lipinski definition) is 1. The zero-order valence-corrected chi connectivity index (χ0v) is 19.0. The van der Waals surface area contributed by atoms with Crippen molar-refractivity contribution in [3.05, 3.63) is 72.3 Å². The molecular weight excluding hydrogens is 440 g/mol. The first-order chi connectivity index (χ1) is 16.1. The van der Waals surface area contributed by atoms with Crippen molar-refractivity contribution >= 4 is 23.4 Å². The number of nitrogens with one attached hydrogen (secondary N) is 1. The van der Waals surface area contributed by atoms with E-state index in [1.165, 1.54) is 0 Å². The van der Waals surface area contributed by atoms with E-state index in [0.29, 0.717) is 29.8 Å². The summed E-state index contributed by atoms with van der Waals surface area (Å²) in [5.41, 5.74) is 3.15. The Labute approximate surface area is 195 Å². The molecule has 0 radical (unpaired) electrons. The second-order valence-electron chi connectivity index (χ2n) is 7.55. The highest BCUT2D eigenvalue weighted by atomic mass is 32.2. The van der Waals surface area contributed by atoms with Gasteiger partial charge >= 0.3 is 6.03 Å². The standard InChI is InChI=1S/C24H22N4O4S/c1-4-11-28-14(2)20(21(25-24(28)29)15-5-8-17(33-3)9-6-15)23-26-22(27-32-23)16-7-10-18-19(12-16)31-13-30-18/h4-10,12,21H,1,11,13H2,2-3H3,(H,25,29). The van der Waals surface area contributed by atoms with Gasteiger partial charge in [0.05, 0.1) is 11.6 Å². The first-order valence-corrected chi connectivity index (χ1v) is 11.6. The van der Waals surface area contributed by atoms with Crippen LogP contribution < -0.4 is 14.8 Å². The summed E-state index contributed by atoms with van der Waals surface area (Å²) in [6.45, 7) is 6.21. The van der Waals surface area contributed by atoms with E-state index in [-0.39, 0.29) is 12.8 Å². The number of rotatable bonds is 6. The van der Waals surface area contributed by atoms with Crippen LogP contribution in [0, 0.1) is 0 Å². The number of urea groups is 1. The molecule has 0 saturated heterocycles. The van der Waals surface area contributed by atoms with Crippen LogP contribution in [0.5, 0.6) is 11.5 Å². The maximum Gasteiger partial charge on any atom is 0.322 e. The summed E-state index contributed by atoms with van der Waals surface area (Å²) in [5, 5.41) is 7.27. The molecule has 0 aliphatic carbocycles. The third-order valence-corrected chi connectivity index (χ3v) is 6.39. The largest absolute Gasteiger partial charge is 0.454 e. The highest BCUT2D eigenvalue weighted by Crippen LogP contribution is 2.39. The molecular formula is C24H22N4O4S. The lowest BCUT2D eigenvalue weighted by Crippen LogP contribution is -2.46. The van der Waals surface area contributed by atoms with Gasteiger partial charge in [-0.3, -0.25) is 4.90 Å². The third kappa shape index (κ3) is 3.84. The van der Waals surface area contributed by atoms with Gasteiger partial charge < -0.3 is 19.3 Å². The molecule has 9 heteroatoms. The van der Waals surface area contributed by atoms with Crippen LogP contribution in [0.1, 0.15) is 24.4 Å². The molecule has 2 aliphatic heterocycles. The van der Waals surface area contributed by atoms with Crippen molar-refractivity contribution < 1.29 is 18.8 Å². The van der Waals surface area contributed by atoms with E-state index in [4.69, 9.17) is 14.0 Å². The monoisotopic (exact) mass is 462 g/mol. The quantitative estimate of drug-likeness (QED) is 0.413. The van der Waals surface area contributed by atoms with E-state index in [1.807, 2.05) is 55.6 Å². The third-order valence-electron chi connectivity index (χ3n) is 5.64. The van der Waals surface area contributed by atoms with Gasteiger partial charge in [-0.05, 0) is 49.1 Å². The zero-order chi connectivity index (χ0) is 22.9. The fourth-order valence-corrected chi connectivity index (χ4v) is 4.35. The van der Waals surface area contributed by atoms with Gasteiger partial charge in [-0.2, -0.15) is 4.98 Å². The highest BCUT2D eigenvalue weighted by molar-refractivity contribution is 7.98. The Kier molecular flexibility index (Phi) is 5.55. The number of carbonyl (C=O) groups excluding carboxylic acids is 1. The van der Waals surface area contributed by atoms with E-state index in [2.05, 4.69) is 22.0 Å². The van der Waals surface area contributed by atoms with Crippen LogP contribution in [0.15, 0.2) is 70.2 Å². The van der Waals surface area contributed by atoms with Gasteiger partial charge in [0.15, 0.2) is 11.5 Å². The van der Waals surface area contributed by atoms with Crippen molar-refractivity contribution in [1.29, 1.82) is 0 Å². The molecule has 2 aliphatic rings. The van der Waals surface area contributed by atoms with Gasteiger partial charge in [-0.25, -0.2) is 4.79 Å². The summed E-state index contributed by atoms with van der Waals surface area (Å²) in [5.74, 6) is 2.09. The molecule has 1 unspecified atom stereocenters. The number of amides is 2. The first kappa shape index (κ1) is 21.1. The average Bonchev–Trinajstić information content (AvgIpc) is 3.50. The van der Waals surface area contributed by atoms with E-state index in [9.17, 15) is 4.79 Å². The molecule has 1 aromatic heterocycles. The van der Waals surface area contributed by atoms with Crippen molar-refractivity contribution in [2.45, 2.75) is 17.9 Å². The molecule has 5 rings (SSSR count). The molecule has 0 bridgehead atoms. The fourth-order valence-electron chi connectivity index (χ4n) is 3.94. The van der Waals surface area contributed by atoms with Gasteiger partial charge in [0.2, 0.25) is 12.6 Å². The average molecular weight is 463 g/mol. The number of thioether (sulfide) groups is 1. The van der Waals surface area contributed by atoms with Gasteiger partial charge in [-0.1, -0.05) is 23.4 Å². The van der Waals surface area contributed by atoms with Gasteiger partial charge in [-0.15, -0.1) is 18.3 Å². The summed E-state index contributed by atoms with van der Waals surface area (Å²) in [6.07, 6.45) is 3.70. The Morgan fingerprint density at radius 1 is 1.21 bits per heavy atom. The van der Waals surface area contributed by atoms with Crippen LogP contribution in [0.4, 0.5) is 4.79 Å². The Morgan fingerprint density at radius 2 is 2.00 bits per heavy atom. The van der Waals surface area contributed by atoms with Crippen molar-refractivity contribution in [3.8, 4) is 22.9 Å². The van der Waals surface area contributed by atoms with E-state index in [0.717, 1.165) is 27.3 Å². The molecule has 3 heterocycles. The lowest BCUT2D eigenvalue weighted by atomic mass is 9.94. The molecule has 0 spiro atoms. The Morgan fingerprint density at radius 3 is 2.76 bits per heavy atom. The van der Waals surface area contributed by atoms with Crippen molar-refractivity contribution in [2.24, 2.45) is 0 Å². The van der Waals surface area contributed by atoms with Gasteiger partial charge in [0, 0.05) is 22.7 Å². The van der Waals surface area contributed by atoms with Crippen LogP contribution in [-0.2, 0) is 0 Å². The zero-order valence-electron chi connectivity index (χ0n) is 18.2. The number of fused-ring (bicyclic) bond motifs is 1. The highest BCUT2D eigenvalue weighted by Gasteiger charge is 2.35. The molecule has 33 heavy (non-hydrogen) atoms. The Hall–Kier alpha value is -3.72. The number of ether oxygens (including phenoxy) is 2. The summed E-state index contributed by atoms with van der Waals surface area (Å²) in [6, 6.07) is 12.9. The number of allylic oxidation sites excluding steroid dienone is 1. The molecule has 1 N–H and O–H groups in total. The van der Waals surface area contributed by atoms with Crippen LogP contribution in [0.25, 0.3) is 17.0 Å². The molecule has 168 valence electrons. The van der Waals surface area contributed by atoms with Crippen LogP contribution in [0.3, 0.4) is 0 Å². The summed E-state index contributed by atoms with van der Waals surface area (Å²) < 4.78 is 16.6. The Bertz CT molecular complexity index is 1250. The molecule has 0 saturated carbocycles. The number of carbonyl (C=O) groups is 1. The smallest absolute Gasteiger partial charge is 0.322 e. The molecule has 3 aromatic rings. The second-order valence-corrected chi connectivity index (χ2v) is 8.42. The van der Waals surface area contributed by atoms with Gasteiger partial charge in [0.25, 0.3) is 5.89 Å². The molecule has 2 aromatic carbocycles. The van der Waals surface area contributed by atoms with Crippen LogP contribution in [0.2, 0.25) is 0 Å². The number of aromatic nitrogens is 2. The number of hydrogen-bond acceptors (Lipinski definition) is 7. The number of benzene rings is 2. The summed E-state index contributed by atoms with van der Waals surface area (Å²) in [4.78, 5) is 20.3. The molecule has 0 fully saturated rings. The fraction of sp³-hybridized carbons (Fsp3) is 0.208. The Balaban J connectivity index is 1.57. The van der Waals surface area contributed by atoms with Crippen molar-refractivity contribution in [3.63, 3.8) is 0 Å². The normalized spacial score (nSPS) is 17.3. The second kappa shape index (κ2) is 8.67. The minimum atomic E-state index is -0.431. The van der Waals surface area contributed by atoms with E-state index >= 15 is 0 Å². The van der Waals surface area contributed by atoms with Crippen molar-refractivity contribution in [1.82, 2.24) is 20.4 Å². The predicted molar refractivity (Wildman–Crippen MR) is 125 cm³/mol. The number of nitrogens with zero attached hydrogens (tertiary/aromatic N) is 3. The summed E-state index contributed by atoms with van der Waals surface area (Å²) >= 11 is 1.66. The van der Waals surface area contributed by atoms with E-state index in [1.54, 1.807) is 22.7 Å². The lowest BCUT2D eigenvalue weighted by molar-refractivity contribution is 0.174. The van der Waals surface area contributed by atoms with Crippen LogP contribution >= 0.6 is 11.8 Å². The minimum Gasteiger partial charge on any atom is -0.454 e. The SMILES string of the molecule is C=CCN1C(=O)NC(c2ccc(SC)cc2)C(c2nc(-c3ccc4c(c3)OCO4)no2)=C1C.